The summed E-state index contributed by atoms with van der Waals surface area (Å²) in [4.78, 5) is 24.6. The largest absolute Gasteiger partial charge is 0.416 e. The van der Waals surface area contributed by atoms with Gasteiger partial charge in [0.1, 0.15) is 0 Å². The number of thiophene rings is 1. The van der Waals surface area contributed by atoms with Crippen molar-refractivity contribution in [2.24, 2.45) is 11.7 Å². The zero-order valence-electron chi connectivity index (χ0n) is 15.4. The zero-order valence-corrected chi connectivity index (χ0v) is 16.2. The van der Waals surface area contributed by atoms with Gasteiger partial charge in [-0.15, -0.1) is 11.3 Å². The summed E-state index contributed by atoms with van der Waals surface area (Å²) in [5, 5.41) is 7.12. The highest BCUT2D eigenvalue weighted by atomic mass is 32.1. The SMILES string of the molecule is CC(C)C(NC(=O)CC(NC(N)=O)c1cccs1)c1cccc(C(F)(F)F)c1. The van der Waals surface area contributed by atoms with Crippen molar-refractivity contribution in [3.05, 3.63) is 57.8 Å². The van der Waals surface area contributed by atoms with E-state index in [0.29, 0.717) is 5.56 Å². The fourth-order valence-electron chi connectivity index (χ4n) is 2.85. The summed E-state index contributed by atoms with van der Waals surface area (Å²) in [5.41, 5.74) is 4.79. The molecule has 9 heteroatoms. The molecule has 4 N–H and O–H groups in total. The third-order valence-corrected chi connectivity index (χ3v) is 5.13. The number of amides is 3. The average molecular weight is 413 g/mol. The summed E-state index contributed by atoms with van der Waals surface area (Å²) < 4.78 is 39.0. The lowest BCUT2D eigenvalue weighted by Gasteiger charge is -2.25. The van der Waals surface area contributed by atoms with Gasteiger partial charge < -0.3 is 16.4 Å². The summed E-state index contributed by atoms with van der Waals surface area (Å²) in [6.07, 6.45) is -4.54. The van der Waals surface area contributed by atoms with E-state index in [9.17, 15) is 22.8 Å². The van der Waals surface area contributed by atoms with Crippen LogP contribution in [-0.2, 0) is 11.0 Å². The Balaban J connectivity index is 2.17. The van der Waals surface area contributed by atoms with E-state index in [2.05, 4.69) is 10.6 Å². The number of carbonyl (C=O) groups excluding carboxylic acids is 2. The molecule has 1 aromatic carbocycles. The third kappa shape index (κ3) is 5.98. The van der Waals surface area contributed by atoms with E-state index in [0.717, 1.165) is 17.0 Å². The molecule has 0 saturated carbocycles. The normalized spacial score (nSPS) is 13.8. The predicted octanol–water partition coefficient (Wildman–Crippen LogP) is 4.38. The Morgan fingerprint density at radius 2 is 1.86 bits per heavy atom. The molecule has 1 heterocycles. The van der Waals surface area contributed by atoms with E-state index in [1.807, 2.05) is 19.2 Å². The van der Waals surface area contributed by atoms with Crippen LogP contribution in [0.25, 0.3) is 0 Å². The Labute approximate surface area is 165 Å². The van der Waals surface area contributed by atoms with Gasteiger partial charge in [-0.3, -0.25) is 4.79 Å². The number of nitrogens with one attached hydrogen (secondary N) is 2. The number of hydrogen-bond acceptors (Lipinski definition) is 3. The van der Waals surface area contributed by atoms with Crippen LogP contribution in [0.3, 0.4) is 0 Å². The molecule has 0 fully saturated rings. The minimum Gasteiger partial charge on any atom is -0.352 e. The van der Waals surface area contributed by atoms with Crippen LogP contribution < -0.4 is 16.4 Å². The van der Waals surface area contributed by atoms with Crippen molar-refractivity contribution in [1.29, 1.82) is 0 Å². The van der Waals surface area contributed by atoms with Gasteiger partial charge in [0, 0.05) is 4.88 Å². The Morgan fingerprint density at radius 1 is 1.14 bits per heavy atom. The molecule has 0 aliphatic carbocycles. The number of alkyl halides is 3. The molecule has 5 nitrogen and oxygen atoms in total. The van der Waals surface area contributed by atoms with Gasteiger partial charge in [-0.2, -0.15) is 13.2 Å². The molecule has 1 aromatic heterocycles. The first-order valence-corrected chi connectivity index (χ1v) is 9.51. The third-order valence-electron chi connectivity index (χ3n) is 4.15. The number of halogens is 3. The van der Waals surface area contributed by atoms with Gasteiger partial charge in [0.15, 0.2) is 0 Å². The molecule has 2 aromatic rings. The zero-order chi connectivity index (χ0) is 20.9. The van der Waals surface area contributed by atoms with Gasteiger partial charge in [0.25, 0.3) is 0 Å². The first-order chi connectivity index (χ1) is 13.1. The fourth-order valence-corrected chi connectivity index (χ4v) is 3.62. The number of hydrogen-bond donors (Lipinski definition) is 3. The summed E-state index contributed by atoms with van der Waals surface area (Å²) in [6, 6.07) is 6.50. The minimum absolute atomic E-state index is 0.0777. The lowest BCUT2D eigenvalue weighted by atomic mass is 9.94. The van der Waals surface area contributed by atoms with Gasteiger partial charge >= 0.3 is 12.2 Å². The number of benzene rings is 1. The molecule has 2 unspecified atom stereocenters. The molecule has 2 rings (SSSR count). The van der Waals surface area contributed by atoms with Crippen LogP contribution in [0.2, 0.25) is 0 Å². The Hall–Kier alpha value is -2.55. The first kappa shape index (κ1) is 21.7. The van der Waals surface area contributed by atoms with Gasteiger partial charge in [-0.25, -0.2) is 4.79 Å². The van der Waals surface area contributed by atoms with E-state index in [4.69, 9.17) is 5.73 Å². The van der Waals surface area contributed by atoms with E-state index in [-0.39, 0.29) is 12.3 Å². The molecule has 152 valence electrons. The molecule has 0 bridgehead atoms. The highest BCUT2D eigenvalue weighted by Crippen LogP contribution is 2.32. The Kier molecular flexibility index (Phi) is 7.06. The number of rotatable bonds is 7. The maximum absolute atomic E-state index is 13.0. The number of urea groups is 1. The van der Waals surface area contributed by atoms with Crippen LogP contribution in [0.1, 0.15) is 48.4 Å². The van der Waals surface area contributed by atoms with Crippen LogP contribution in [0.4, 0.5) is 18.0 Å². The molecule has 0 spiro atoms. The van der Waals surface area contributed by atoms with Crippen LogP contribution in [0, 0.1) is 5.92 Å². The maximum Gasteiger partial charge on any atom is 0.416 e. The van der Waals surface area contributed by atoms with Crippen LogP contribution >= 0.6 is 11.3 Å². The van der Waals surface area contributed by atoms with E-state index >= 15 is 0 Å². The van der Waals surface area contributed by atoms with Crippen molar-refractivity contribution in [3.63, 3.8) is 0 Å². The van der Waals surface area contributed by atoms with Crippen molar-refractivity contribution < 1.29 is 22.8 Å². The average Bonchev–Trinajstić information content (AvgIpc) is 3.12. The van der Waals surface area contributed by atoms with E-state index in [1.54, 1.807) is 18.2 Å². The summed E-state index contributed by atoms with van der Waals surface area (Å²) in [5.74, 6) is -0.542. The second-order valence-corrected chi connectivity index (χ2v) is 7.67. The number of carbonyl (C=O) groups is 2. The molecule has 28 heavy (non-hydrogen) atoms. The van der Waals surface area contributed by atoms with Crippen molar-refractivity contribution in [3.8, 4) is 0 Å². The fraction of sp³-hybridized carbons (Fsp3) is 0.368. The molecule has 0 radical (unpaired) electrons. The van der Waals surface area contributed by atoms with Crippen molar-refractivity contribution in [1.82, 2.24) is 10.6 Å². The molecular formula is C19H22F3N3O2S. The summed E-state index contributed by atoms with van der Waals surface area (Å²) in [7, 11) is 0. The van der Waals surface area contributed by atoms with Crippen molar-refractivity contribution in [2.75, 3.05) is 0 Å². The van der Waals surface area contributed by atoms with Gasteiger partial charge in [0.05, 0.1) is 24.1 Å². The topological polar surface area (TPSA) is 84.2 Å². The Bertz CT molecular complexity index is 807. The summed E-state index contributed by atoms with van der Waals surface area (Å²) in [6.45, 7) is 3.62. The predicted molar refractivity (Wildman–Crippen MR) is 102 cm³/mol. The second-order valence-electron chi connectivity index (χ2n) is 6.69. The highest BCUT2D eigenvalue weighted by molar-refractivity contribution is 7.10. The molecular weight excluding hydrogens is 391 g/mol. The molecule has 0 aliphatic heterocycles. The number of primary amides is 1. The number of nitrogens with two attached hydrogens (primary N) is 1. The molecule has 0 aliphatic rings. The summed E-state index contributed by atoms with van der Waals surface area (Å²) >= 11 is 1.37. The first-order valence-electron chi connectivity index (χ1n) is 8.63. The van der Waals surface area contributed by atoms with E-state index in [1.165, 1.54) is 17.4 Å². The second kappa shape index (κ2) is 9.09. The smallest absolute Gasteiger partial charge is 0.352 e. The molecule has 2 atom stereocenters. The van der Waals surface area contributed by atoms with E-state index < -0.39 is 35.8 Å². The van der Waals surface area contributed by atoms with Crippen molar-refractivity contribution >= 4 is 23.3 Å². The van der Waals surface area contributed by atoms with Gasteiger partial charge in [0.2, 0.25) is 5.91 Å². The highest BCUT2D eigenvalue weighted by Gasteiger charge is 2.31. The Morgan fingerprint density at radius 3 is 2.39 bits per heavy atom. The van der Waals surface area contributed by atoms with Crippen molar-refractivity contribution in [2.45, 2.75) is 38.5 Å². The minimum atomic E-state index is -4.46. The molecule has 0 saturated heterocycles. The lowest BCUT2D eigenvalue weighted by molar-refractivity contribution is -0.137. The van der Waals surface area contributed by atoms with Crippen LogP contribution in [-0.4, -0.2) is 11.9 Å². The maximum atomic E-state index is 13.0. The standard InChI is InChI=1S/C19H22F3N3O2S/c1-11(2)17(12-5-3-6-13(9-12)19(20,21)22)25-16(26)10-14(24-18(23)27)15-7-4-8-28-15/h3-9,11,14,17H,10H2,1-2H3,(H,25,26)(H3,23,24,27). The van der Waals surface area contributed by atoms with Gasteiger partial charge in [-0.1, -0.05) is 32.0 Å². The monoisotopic (exact) mass is 413 g/mol. The van der Waals surface area contributed by atoms with Crippen LogP contribution in [0.15, 0.2) is 41.8 Å². The lowest BCUT2D eigenvalue weighted by Crippen LogP contribution is -2.38. The van der Waals surface area contributed by atoms with Gasteiger partial charge in [-0.05, 0) is 35.1 Å². The quantitative estimate of drug-likeness (QED) is 0.629. The van der Waals surface area contributed by atoms with Crippen LogP contribution in [0.5, 0.6) is 0 Å². The molecule has 3 amide bonds.